The molecule has 1 aliphatic carbocycles. The van der Waals surface area contributed by atoms with Crippen molar-refractivity contribution in [1.29, 1.82) is 0 Å². The van der Waals surface area contributed by atoms with Crippen molar-refractivity contribution < 1.29 is 4.79 Å². The van der Waals surface area contributed by atoms with Gasteiger partial charge in [0.15, 0.2) is 5.78 Å². The molecule has 2 rings (SSSR count). The molecule has 0 saturated heterocycles. The topological polar surface area (TPSA) is 17.1 Å². The summed E-state index contributed by atoms with van der Waals surface area (Å²) in [6, 6.07) is 0. The molecule has 0 fully saturated rings. The second-order valence-corrected chi connectivity index (χ2v) is 5.01. The van der Waals surface area contributed by atoms with Crippen LogP contribution in [0.4, 0.5) is 0 Å². The lowest BCUT2D eigenvalue weighted by Crippen LogP contribution is -2.04. The molecule has 0 amide bonds. The Kier molecular flexibility index (Phi) is 2.24. The van der Waals surface area contributed by atoms with Crippen LogP contribution in [0.3, 0.4) is 0 Å². The number of carbonyl (C=O) groups is 1. The third-order valence-electron chi connectivity index (χ3n) is 2.70. The van der Waals surface area contributed by atoms with Gasteiger partial charge >= 0.3 is 0 Å². The Labute approximate surface area is 82.8 Å². The third kappa shape index (κ3) is 1.44. The van der Waals surface area contributed by atoms with Gasteiger partial charge in [0.25, 0.3) is 0 Å². The van der Waals surface area contributed by atoms with E-state index >= 15 is 0 Å². The highest BCUT2D eigenvalue weighted by Crippen LogP contribution is 2.33. The first-order valence-electron chi connectivity index (χ1n) is 4.82. The summed E-state index contributed by atoms with van der Waals surface area (Å²) >= 11 is 1.82. The molecule has 0 unspecified atom stereocenters. The van der Waals surface area contributed by atoms with E-state index in [1.54, 1.807) is 6.92 Å². The van der Waals surface area contributed by atoms with Crippen molar-refractivity contribution in [3.63, 3.8) is 0 Å². The van der Waals surface area contributed by atoms with Crippen molar-refractivity contribution in [2.24, 2.45) is 0 Å². The van der Waals surface area contributed by atoms with Gasteiger partial charge in [0.1, 0.15) is 0 Å². The number of thiophene rings is 1. The number of Topliss-reactive ketones (excluding diaryl/α,β-unsaturated/α-hetero) is 1. The van der Waals surface area contributed by atoms with Gasteiger partial charge in [-0.15, -0.1) is 11.3 Å². The SMILES string of the molecule is CC(=O)c1c(C)sc2c1CCCC2. The molecular formula is C11H14OS. The Balaban J connectivity index is 2.54. The number of ketones is 1. The van der Waals surface area contributed by atoms with Gasteiger partial charge in [-0.25, -0.2) is 0 Å². The smallest absolute Gasteiger partial charge is 0.161 e. The van der Waals surface area contributed by atoms with Crippen LogP contribution < -0.4 is 0 Å². The third-order valence-corrected chi connectivity index (χ3v) is 3.91. The molecule has 1 heterocycles. The molecule has 2 heteroatoms. The summed E-state index contributed by atoms with van der Waals surface area (Å²) in [4.78, 5) is 14.1. The van der Waals surface area contributed by atoms with E-state index in [0.717, 1.165) is 12.0 Å². The van der Waals surface area contributed by atoms with E-state index in [2.05, 4.69) is 6.92 Å². The molecule has 1 aromatic rings. The van der Waals surface area contributed by atoms with E-state index in [0.29, 0.717) is 0 Å². The van der Waals surface area contributed by atoms with Crippen molar-refractivity contribution in [3.05, 3.63) is 20.9 Å². The van der Waals surface area contributed by atoms with Gasteiger partial charge in [-0.05, 0) is 45.1 Å². The van der Waals surface area contributed by atoms with Gasteiger partial charge in [-0.1, -0.05) is 0 Å². The highest BCUT2D eigenvalue weighted by Gasteiger charge is 2.20. The Morgan fingerprint density at radius 3 is 2.69 bits per heavy atom. The van der Waals surface area contributed by atoms with Crippen LogP contribution in [0.1, 0.15) is 45.4 Å². The summed E-state index contributed by atoms with van der Waals surface area (Å²) < 4.78 is 0. The number of aryl methyl sites for hydroxylation is 2. The van der Waals surface area contributed by atoms with Crippen molar-refractivity contribution in [3.8, 4) is 0 Å². The van der Waals surface area contributed by atoms with E-state index in [9.17, 15) is 4.79 Å². The average molecular weight is 194 g/mol. The lowest BCUT2D eigenvalue weighted by atomic mass is 9.93. The predicted molar refractivity (Wildman–Crippen MR) is 55.7 cm³/mol. The molecule has 0 spiro atoms. The van der Waals surface area contributed by atoms with Crippen molar-refractivity contribution in [2.45, 2.75) is 39.5 Å². The summed E-state index contributed by atoms with van der Waals surface area (Å²) in [5, 5.41) is 0. The molecule has 1 aromatic heterocycles. The minimum atomic E-state index is 0.247. The van der Waals surface area contributed by atoms with Gasteiger partial charge < -0.3 is 0 Å². The molecule has 0 N–H and O–H groups in total. The van der Waals surface area contributed by atoms with Gasteiger partial charge in [0, 0.05) is 15.3 Å². The highest BCUT2D eigenvalue weighted by atomic mass is 32.1. The summed E-state index contributed by atoms with van der Waals surface area (Å²) in [6.07, 6.45) is 4.86. The van der Waals surface area contributed by atoms with Gasteiger partial charge in [-0.3, -0.25) is 4.79 Å². The number of hydrogen-bond acceptors (Lipinski definition) is 2. The fourth-order valence-electron chi connectivity index (χ4n) is 2.16. The molecule has 0 radical (unpaired) electrons. The molecule has 0 aliphatic heterocycles. The Morgan fingerprint density at radius 1 is 1.31 bits per heavy atom. The first-order chi connectivity index (χ1) is 6.20. The molecule has 0 bridgehead atoms. The summed E-state index contributed by atoms with van der Waals surface area (Å²) in [5.41, 5.74) is 2.39. The van der Waals surface area contributed by atoms with Crippen LogP contribution in [0.2, 0.25) is 0 Å². The first kappa shape index (κ1) is 8.95. The van der Waals surface area contributed by atoms with Crippen molar-refractivity contribution >= 4 is 17.1 Å². The molecule has 0 aromatic carbocycles. The number of rotatable bonds is 1. The van der Waals surface area contributed by atoms with Crippen LogP contribution in [-0.2, 0) is 12.8 Å². The lowest BCUT2D eigenvalue weighted by molar-refractivity contribution is 0.101. The van der Waals surface area contributed by atoms with Crippen LogP contribution in [0.5, 0.6) is 0 Å². The normalized spacial score (nSPS) is 15.5. The fraction of sp³-hybridized carbons (Fsp3) is 0.545. The molecular weight excluding hydrogens is 180 g/mol. The zero-order valence-corrected chi connectivity index (χ0v) is 8.96. The maximum Gasteiger partial charge on any atom is 0.161 e. The zero-order valence-electron chi connectivity index (χ0n) is 8.14. The Morgan fingerprint density at radius 2 is 2.00 bits per heavy atom. The van der Waals surface area contributed by atoms with Crippen LogP contribution >= 0.6 is 11.3 Å². The Hall–Kier alpha value is -0.630. The molecule has 13 heavy (non-hydrogen) atoms. The summed E-state index contributed by atoms with van der Waals surface area (Å²) in [5.74, 6) is 0.247. The summed E-state index contributed by atoms with van der Waals surface area (Å²) in [7, 11) is 0. The zero-order chi connectivity index (χ0) is 9.42. The first-order valence-corrected chi connectivity index (χ1v) is 5.64. The van der Waals surface area contributed by atoms with E-state index in [-0.39, 0.29) is 5.78 Å². The summed E-state index contributed by atoms with van der Waals surface area (Å²) in [6.45, 7) is 3.75. The van der Waals surface area contributed by atoms with Gasteiger partial charge in [0.2, 0.25) is 0 Å². The molecule has 1 aliphatic rings. The van der Waals surface area contributed by atoms with Crippen LogP contribution in [0.15, 0.2) is 0 Å². The largest absolute Gasteiger partial charge is 0.294 e. The van der Waals surface area contributed by atoms with E-state index in [4.69, 9.17) is 0 Å². The van der Waals surface area contributed by atoms with Crippen molar-refractivity contribution in [1.82, 2.24) is 0 Å². The monoisotopic (exact) mass is 194 g/mol. The minimum Gasteiger partial charge on any atom is -0.294 e. The molecule has 70 valence electrons. The average Bonchev–Trinajstić information content (AvgIpc) is 2.39. The second kappa shape index (κ2) is 3.26. The molecule has 0 atom stereocenters. The molecule has 1 nitrogen and oxygen atoms in total. The van der Waals surface area contributed by atoms with Crippen LogP contribution in [-0.4, -0.2) is 5.78 Å². The minimum absolute atomic E-state index is 0.247. The van der Waals surface area contributed by atoms with E-state index < -0.39 is 0 Å². The standard InChI is InChI=1S/C11H14OS/c1-7(12)11-8(2)13-10-6-4-3-5-9(10)11/h3-6H2,1-2H3. The van der Waals surface area contributed by atoms with Crippen molar-refractivity contribution in [2.75, 3.05) is 0 Å². The highest BCUT2D eigenvalue weighted by molar-refractivity contribution is 7.12. The van der Waals surface area contributed by atoms with Gasteiger partial charge in [0.05, 0.1) is 0 Å². The second-order valence-electron chi connectivity index (χ2n) is 3.70. The van der Waals surface area contributed by atoms with Gasteiger partial charge in [-0.2, -0.15) is 0 Å². The number of fused-ring (bicyclic) bond motifs is 1. The predicted octanol–water partition coefficient (Wildman–Crippen LogP) is 3.14. The van der Waals surface area contributed by atoms with Crippen LogP contribution in [0.25, 0.3) is 0 Å². The number of hydrogen-bond donors (Lipinski definition) is 0. The lowest BCUT2D eigenvalue weighted by Gasteiger charge is -2.11. The quantitative estimate of drug-likeness (QED) is 0.628. The van der Waals surface area contributed by atoms with E-state index in [1.165, 1.54) is 34.6 Å². The maximum absolute atomic E-state index is 11.4. The Bertz CT molecular complexity index is 349. The fourth-order valence-corrected chi connectivity index (χ4v) is 3.48. The van der Waals surface area contributed by atoms with Crippen LogP contribution in [0, 0.1) is 6.92 Å². The van der Waals surface area contributed by atoms with E-state index in [1.807, 2.05) is 11.3 Å². The number of carbonyl (C=O) groups excluding carboxylic acids is 1. The molecule has 0 saturated carbocycles. The maximum atomic E-state index is 11.4.